The minimum atomic E-state index is -0.376. The number of hydrogen-bond donors (Lipinski definition) is 1. The van der Waals surface area contributed by atoms with Crippen molar-refractivity contribution < 1.29 is 13.9 Å². The lowest BCUT2D eigenvalue weighted by molar-refractivity contribution is 0.102. The smallest absolute Gasteiger partial charge is 0.255 e. The van der Waals surface area contributed by atoms with Gasteiger partial charge < -0.3 is 10.1 Å². The van der Waals surface area contributed by atoms with Gasteiger partial charge in [0.15, 0.2) is 0 Å². The van der Waals surface area contributed by atoms with Crippen molar-refractivity contribution >= 4 is 23.4 Å². The Morgan fingerprint density at radius 2 is 1.68 bits per heavy atom. The molecule has 0 saturated carbocycles. The predicted molar refractivity (Wildman–Crippen MR) is 99.1 cm³/mol. The fourth-order valence-corrected chi connectivity index (χ4v) is 2.63. The Morgan fingerprint density at radius 1 is 0.960 bits per heavy atom. The van der Waals surface area contributed by atoms with Gasteiger partial charge in [0.25, 0.3) is 5.91 Å². The van der Waals surface area contributed by atoms with Crippen molar-refractivity contribution in [2.75, 3.05) is 11.6 Å². The SMILES string of the molecule is CSc1ccc(Oc2cccc(NC(=O)c3ccc(F)cc3)c2)cc1. The number of rotatable bonds is 5. The summed E-state index contributed by atoms with van der Waals surface area (Å²) in [5.74, 6) is 0.662. The van der Waals surface area contributed by atoms with Crippen LogP contribution in [0, 0.1) is 5.82 Å². The van der Waals surface area contributed by atoms with Crippen molar-refractivity contribution in [3.05, 3.63) is 84.2 Å². The molecule has 3 aromatic rings. The van der Waals surface area contributed by atoms with Crippen LogP contribution in [-0.2, 0) is 0 Å². The third-order valence-electron chi connectivity index (χ3n) is 3.49. The lowest BCUT2D eigenvalue weighted by Crippen LogP contribution is -2.11. The fourth-order valence-electron chi connectivity index (χ4n) is 2.22. The van der Waals surface area contributed by atoms with E-state index in [1.165, 1.54) is 24.3 Å². The molecule has 0 atom stereocenters. The van der Waals surface area contributed by atoms with Crippen molar-refractivity contribution in [2.45, 2.75) is 4.90 Å². The number of anilines is 1. The number of carbonyl (C=O) groups is 1. The van der Waals surface area contributed by atoms with Crippen LogP contribution in [0.4, 0.5) is 10.1 Å². The van der Waals surface area contributed by atoms with Crippen LogP contribution in [0.1, 0.15) is 10.4 Å². The highest BCUT2D eigenvalue weighted by Crippen LogP contribution is 2.26. The van der Waals surface area contributed by atoms with E-state index < -0.39 is 0 Å². The van der Waals surface area contributed by atoms with E-state index in [2.05, 4.69) is 5.32 Å². The number of ether oxygens (including phenoxy) is 1. The molecular formula is C20H16FNO2S. The van der Waals surface area contributed by atoms with Gasteiger partial charge in [0, 0.05) is 22.2 Å². The first-order chi connectivity index (χ1) is 12.1. The van der Waals surface area contributed by atoms with Crippen LogP contribution in [0.2, 0.25) is 0 Å². The number of thioether (sulfide) groups is 1. The third kappa shape index (κ3) is 4.61. The Balaban J connectivity index is 1.70. The zero-order valence-electron chi connectivity index (χ0n) is 13.5. The maximum Gasteiger partial charge on any atom is 0.255 e. The highest BCUT2D eigenvalue weighted by atomic mass is 32.2. The van der Waals surface area contributed by atoms with Gasteiger partial charge in [-0.05, 0) is 66.9 Å². The fraction of sp³-hybridized carbons (Fsp3) is 0.0500. The highest BCUT2D eigenvalue weighted by molar-refractivity contribution is 7.98. The van der Waals surface area contributed by atoms with Gasteiger partial charge in [0.2, 0.25) is 0 Å². The average molecular weight is 353 g/mol. The van der Waals surface area contributed by atoms with Crippen molar-refractivity contribution in [3.63, 3.8) is 0 Å². The number of benzene rings is 3. The zero-order chi connectivity index (χ0) is 17.6. The molecule has 0 aliphatic heterocycles. The maximum atomic E-state index is 12.9. The first-order valence-electron chi connectivity index (χ1n) is 7.63. The second kappa shape index (κ2) is 7.85. The molecule has 5 heteroatoms. The lowest BCUT2D eigenvalue weighted by Gasteiger charge is -2.09. The van der Waals surface area contributed by atoms with Gasteiger partial charge in [0.1, 0.15) is 17.3 Å². The minimum absolute atomic E-state index is 0.304. The normalized spacial score (nSPS) is 10.3. The van der Waals surface area contributed by atoms with Crippen LogP contribution >= 0.6 is 11.8 Å². The van der Waals surface area contributed by atoms with E-state index in [4.69, 9.17) is 4.74 Å². The molecule has 3 rings (SSSR count). The predicted octanol–water partition coefficient (Wildman–Crippen LogP) is 5.59. The van der Waals surface area contributed by atoms with Gasteiger partial charge in [0.05, 0.1) is 0 Å². The molecule has 0 unspecified atom stereocenters. The molecule has 0 aliphatic carbocycles. The standard InChI is InChI=1S/C20H16FNO2S/c1-25-19-11-9-17(10-12-19)24-18-4-2-3-16(13-18)22-20(23)14-5-7-15(21)8-6-14/h2-13H,1H3,(H,22,23). The highest BCUT2D eigenvalue weighted by Gasteiger charge is 2.07. The molecule has 0 bridgehead atoms. The monoisotopic (exact) mass is 353 g/mol. The zero-order valence-corrected chi connectivity index (χ0v) is 14.3. The number of halogens is 1. The number of amides is 1. The van der Waals surface area contributed by atoms with Crippen molar-refractivity contribution in [3.8, 4) is 11.5 Å². The van der Waals surface area contributed by atoms with Crippen molar-refractivity contribution in [1.29, 1.82) is 0 Å². The molecule has 3 nitrogen and oxygen atoms in total. The molecule has 0 saturated heterocycles. The van der Waals surface area contributed by atoms with Gasteiger partial charge in [-0.1, -0.05) is 6.07 Å². The summed E-state index contributed by atoms with van der Waals surface area (Å²) in [5.41, 5.74) is 0.993. The molecule has 0 spiro atoms. The van der Waals surface area contributed by atoms with E-state index in [-0.39, 0.29) is 11.7 Å². The minimum Gasteiger partial charge on any atom is -0.457 e. The second-order valence-corrected chi connectivity index (χ2v) is 6.15. The van der Waals surface area contributed by atoms with Crippen LogP contribution in [0.25, 0.3) is 0 Å². The summed E-state index contributed by atoms with van der Waals surface area (Å²) < 4.78 is 18.7. The van der Waals surface area contributed by atoms with Gasteiger partial charge in [-0.15, -0.1) is 11.8 Å². The summed E-state index contributed by atoms with van der Waals surface area (Å²) in [6.45, 7) is 0. The Morgan fingerprint density at radius 3 is 2.36 bits per heavy atom. The number of nitrogens with one attached hydrogen (secondary N) is 1. The molecule has 0 aromatic heterocycles. The molecule has 1 amide bonds. The average Bonchev–Trinajstić information content (AvgIpc) is 2.63. The molecule has 0 radical (unpaired) electrons. The van der Waals surface area contributed by atoms with E-state index in [1.807, 2.05) is 36.6 Å². The Labute approximate surface area is 149 Å². The number of carbonyl (C=O) groups excluding carboxylic acids is 1. The van der Waals surface area contributed by atoms with Gasteiger partial charge in [-0.2, -0.15) is 0 Å². The summed E-state index contributed by atoms with van der Waals surface area (Å²) in [6, 6.07) is 20.3. The Bertz CT molecular complexity index is 864. The van der Waals surface area contributed by atoms with Crippen molar-refractivity contribution in [2.24, 2.45) is 0 Å². The largest absolute Gasteiger partial charge is 0.457 e. The van der Waals surface area contributed by atoms with E-state index in [0.717, 1.165) is 10.6 Å². The van der Waals surface area contributed by atoms with E-state index >= 15 is 0 Å². The van der Waals surface area contributed by atoms with Gasteiger partial charge >= 0.3 is 0 Å². The lowest BCUT2D eigenvalue weighted by atomic mass is 10.2. The van der Waals surface area contributed by atoms with Crippen molar-refractivity contribution in [1.82, 2.24) is 0 Å². The van der Waals surface area contributed by atoms with E-state index in [0.29, 0.717) is 17.0 Å². The first kappa shape index (κ1) is 17.0. The summed E-state index contributed by atoms with van der Waals surface area (Å²) in [6.07, 6.45) is 2.02. The molecule has 3 aromatic carbocycles. The molecule has 1 N–H and O–H groups in total. The van der Waals surface area contributed by atoms with Crippen LogP contribution in [-0.4, -0.2) is 12.2 Å². The number of hydrogen-bond acceptors (Lipinski definition) is 3. The third-order valence-corrected chi connectivity index (χ3v) is 4.24. The van der Waals surface area contributed by atoms with Crippen LogP contribution in [0.15, 0.2) is 77.7 Å². The summed E-state index contributed by atoms with van der Waals surface area (Å²) in [4.78, 5) is 13.3. The second-order valence-electron chi connectivity index (χ2n) is 5.27. The van der Waals surface area contributed by atoms with E-state index in [1.54, 1.807) is 30.0 Å². The molecule has 0 aliphatic rings. The first-order valence-corrected chi connectivity index (χ1v) is 8.85. The van der Waals surface area contributed by atoms with Gasteiger partial charge in [-0.3, -0.25) is 4.79 Å². The summed E-state index contributed by atoms with van der Waals surface area (Å²) >= 11 is 1.67. The molecule has 0 heterocycles. The Kier molecular flexibility index (Phi) is 5.36. The topological polar surface area (TPSA) is 38.3 Å². The molecule has 126 valence electrons. The summed E-state index contributed by atoms with van der Waals surface area (Å²) in [5, 5.41) is 2.78. The molecular weight excluding hydrogens is 337 g/mol. The van der Waals surface area contributed by atoms with Crippen LogP contribution < -0.4 is 10.1 Å². The molecule has 25 heavy (non-hydrogen) atoms. The quantitative estimate of drug-likeness (QED) is 0.608. The van der Waals surface area contributed by atoms with Crippen LogP contribution in [0.3, 0.4) is 0 Å². The maximum absolute atomic E-state index is 12.9. The summed E-state index contributed by atoms with van der Waals surface area (Å²) in [7, 11) is 0. The van der Waals surface area contributed by atoms with Crippen LogP contribution in [0.5, 0.6) is 11.5 Å². The van der Waals surface area contributed by atoms with Gasteiger partial charge in [-0.25, -0.2) is 4.39 Å². The Hall–Kier alpha value is -2.79. The molecule has 0 fully saturated rings. The van der Waals surface area contributed by atoms with E-state index in [9.17, 15) is 9.18 Å².